The standard InChI is InChI=1S/C15H17F2NO3/c16-10-4-6-12(13(17)9-10)15(21)18-8-2-1-3-11(18)5-7-14(19)20/h4,6,9,11H,1-3,5,7-8H2,(H,19,20). The number of aliphatic carboxylic acids is 1. The summed E-state index contributed by atoms with van der Waals surface area (Å²) in [6, 6.07) is 2.66. The molecule has 114 valence electrons. The monoisotopic (exact) mass is 297 g/mol. The summed E-state index contributed by atoms with van der Waals surface area (Å²) in [6.45, 7) is 0.472. The molecule has 0 aliphatic carbocycles. The van der Waals surface area contributed by atoms with Gasteiger partial charge in [-0.05, 0) is 37.8 Å². The number of nitrogens with zero attached hydrogens (tertiary/aromatic N) is 1. The van der Waals surface area contributed by atoms with E-state index in [9.17, 15) is 18.4 Å². The molecule has 1 unspecified atom stereocenters. The molecule has 0 saturated carbocycles. The molecule has 4 nitrogen and oxygen atoms in total. The molecule has 6 heteroatoms. The molecule has 0 radical (unpaired) electrons. The zero-order chi connectivity index (χ0) is 15.4. The van der Waals surface area contributed by atoms with Crippen LogP contribution < -0.4 is 0 Å². The summed E-state index contributed by atoms with van der Waals surface area (Å²) in [5.74, 6) is -3.03. The van der Waals surface area contributed by atoms with Gasteiger partial charge in [0.2, 0.25) is 0 Å². The minimum Gasteiger partial charge on any atom is -0.481 e. The molecule has 1 N–H and O–H groups in total. The molecule has 0 bridgehead atoms. The van der Waals surface area contributed by atoms with Crippen LogP contribution >= 0.6 is 0 Å². The number of halogens is 2. The zero-order valence-corrected chi connectivity index (χ0v) is 11.5. The third-order valence-corrected chi connectivity index (χ3v) is 3.74. The van der Waals surface area contributed by atoms with Crippen LogP contribution in [-0.4, -0.2) is 34.5 Å². The van der Waals surface area contributed by atoms with Crippen LogP contribution in [-0.2, 0) is 4.79 Å². The maximum atomic E-state index is 13.7. The number of hydrogen-bond acceptors (Lipinski definition) is 2. The van der Waals surface area contributed by atoms with Crippen molar-refractivity contribution in [3.63, 3.8) is 0 Å². The van der Waals surface area contributed by atoms with Gasteiger partial charge in [-0.3, -0.25) is 9.59 Å². The molecule has 0 spiro atoms. The van der Waals surface area contributed by atoms with Gasteiger partial charge in [-0.25, -0.2) is 8.78 Å². The molecule has 1 atom stereocenters. The summed E-state index contributed by atoms with van der Waals surface area (Å²) < 4.78 is 26.6. The van der Waals surface area contributed by atoms with Gasteiger partial charge in [0.25, 0.3) is 5.91 Å². The van der Waals surface area contributed by atoms with E-state index < -0.39 is 23.5 Å². The SMILES string of the molecule is O=C(O)CCC1CCCCN1C(=O)c1ccc(F)cc1F. The number of benzene rings is 1. The number of carboxylic acids is 1. The Labute approximate surface area is 121 Å². The van der Waals surface area contributed by atoms with Gasteiger partial charge >= 0.3 is 5.97 Å². The number of likely N-dealkylation sites (tertiary alicyclic amines) is 1. The number of carbonyl (C=O) groups excluding carboxylic acids is 1. The fourth-order valence-corrected chi connectivity index (χ4v) is 2.68. The maximum Gasteiger partial charge on any atom is 0.303 e. The quantitative estimate of drug-likeness (QED) is 0.929. The topological polar surface area (TPSA) is 57.6 Å². The second-order valence-corrected chi connectivity index (χ2v) is 5.20. The molecule has 1 amide bonds. The number of hydrogen-bond donors (Lipinski definition) is 1. The third kappa shape index (κ3) is 3.77. The molecule has 1 aromatic rings. The number of piperidine rings is 1. The van der Waals surface area contributed by atoms with Crippen LogP contribution in [0.2, 0.25) is 0 Å². The summed E-state index contributed by atoms with van der Waals surface area (Å²) >= 11 is 0. The van der Waals surface area contributed by atoms with E-state index in [2.05, 4.69) is 0 Å². The van der Waals surface area contributed by atoms with E-state index in [0.29, 0.717) is 25.5 Å². The molecular formula is C15H17F2NO3. The van der Waals surface area contributed by atoms with Gasteiger partial charge in [0.1, 0.15) is 11.6 Å². The van der Waals surface area contributed by atoms with Crippen molar-refractivity contribution in [2.24, 2.45) is 0 Å². The van der Waals surface area contributed by atoms with Crippen LogP contribution in [0.5, 0.6) is 0 Å². The minimum absolute atomic E-state index is 0.0274. The van der Waals surface area contributed by atoms with Crippen LogP contribution in [0, 0.1) is 11.6 Å². The van der Waals surface area contributed by atoms with Crippen LogP contribution in [0.3, 0.4) is 0 Å². The Kier molecular flexibility index (Phi) is 4.88. The highest BCUT2D eigenvalue weighted by Crippen LogP contribution is 2.24. The summed E-state index contributed by atoms with van der Waals surface area (Å²) in [4.78, 5) is 24.6. The Hall–Kier alpha value is -1.98. The van der Waals surface area contributed by atoms with Crippen LogP contribution in [0.25, 0.3) is 0 Å². The smallest absolute Gasteiger partial charge is 0.303 e. The van der Waals surface area contributed by atoms with E-state index in [1.54, 1.807) is 0 Å². The van der Waals surface area contributed by atoms with E-state index in [1.165, 1.54) is 4.90 Å². The van der Waals surface area contributed by atoms with E-state index in [0.717, 1.165) is 25.0 Å². The number of carboxylic acid groups (broad SMARTS) is 1. The molecule has 0 aromatic heterocycles. The molecule has 1 fully saturated rings. The molecule has 1 saturated heterocycles. The lowest BCUT2D eigenvalue weighted by atomic mass is 9.97. The zero-order valence-electron chi connectivity index (χ0n) is 11.5. The summed E-state index contributed by atoms with van der Waals surface area (Å²) in [6.07, 6.45) is 2.75. The first-order valence-electron chi connectivity index (χ1n) is 6.97. The lowest BCUT2D eigenvalue weighted by Crippen LogP contribution is -2.44. The molecule has 21 heavy (non-hydrogen) atoms. The summed E-state index contributed by atoms with van der Waals surface area (Å²) in [5, 5.41) is 8.76. The number of rotatable bonds is 4. The van der Waals surface area contributed by atoms with Crippen molar-refractivity contribution in [2.45, 2.75) is 38.1 Å². The van der Waals surface area contributed by atoms with Crippen molar-refractivity contribution in [3.05, 3.63) is 35.4 Å². The van der Waals surface area contributed by atoms with E-state index in [-0.39, 0.29) is 18.0 Å². The first kappa shape index (κ1) is 15.4. The number of amides is 1. The van der Waals surface area contributed by atoms with Crippen molar-refractivity contribution < 1.29 is 23.5 Å². The Morgan fingerprint density at radius 3 is 2.71 bits per heavy atom. The van der Waals surface area contributed by atoms with Gasteiger partial charge in [-0.15, -0.1) is 0 Å². The predicted molar refractivity (Wildman–Crippen MR) is 71.9 cm³/mol. The highest BCUT2D eigenvalue weighted by Gasteiger charge is 2.29. The van der Waals surface area contributed by atoms with Gasteiger partial charge < -0.3 is 10.0 Å². The normalized spacial score (nSPS) is 18.6. The minimum atomic E-state index is -0.916. The molecule has 1 heterocycles. The Morgan fingerprint density at radius 2 is 2.05 bits per heavy atom. The maximum absolute atomic E-state index is 13.7. The lowest BCUT2D eigenvalue weighted by molar-refractivity contribution is -0.137. The summed E-state index contributed by atoms with van der Waals surface area (Å²) in [7, 11) is 0. The molecular weight excluding hydrogens is 280 g/mol. The van der Waals surface area contributed by atoms with Gasteiger partial charge in [-0.2, -0.15) is 0 Å². The van der Waals surface area contributed by atoms with Crippen LogP contribution in [0.4, 0.5) is 8.78 Å². The van der Waals surface area contributed by atoms with Crippen molar-refractivity contribution >= 4 is 11.9 Å². The second-order valence-electron chi connectivity index (χ2n) is 5.20. The van der Waals surface area contributed by atoms with E-state index in [1.807, 2.05) is 0 Å². The largest absolute Gasteiger partial charge is 0.481 e. The average Bonchev–Trinajstić information content (AvgIpc) is 2.45. The highest BCUT2D eigenvalue weighted by atomic mass is 19.1. The molecule has 2 rings (SSSR count). The van der Waals surface area contributed by atoms with Gasteiger partial charge in [-0.1, -0.05) is 0 Å². The Balaban J connectivity index is 2.16. The third-order valence-electron chi connectivity index (χ3n) is 3.74. The van der Waals surface area contributed by atoms with Gasteiger partial charge in [0.05, 0.1) is 5.56 Å². The van der Waals surface area contributed by atoms with Crippen molar-refractivity contribution in [1.82, 2.24) is 4.90 Å². The van der Waals surface area contributed by atoms with Crippen LogP contribution in [0.1, 0.15) is 42.5 Å². The van der Waals surface area contributed by atoms with Crippen molar-refractivity contribution in [2.75, 3.05) is 6.54 Å². The van der Waals surface area contributed by atoms with Gasteiger partial charge in [0.15, 0.2) is 0 Å². The second kappa shape index (κ2) is 6.65. The lowest BCUT2D eigenvalue weighted by Gasteiger charge is -2.35. The van der Waals surface area contributed by atoms with E-state index in [4.69, 9.17) is 5.11 Å². The fourth-order valence-electron chi connectivity index (χ4n) is 2.68. The highest BCUT2D eigenvalue weighted by molar-refractivity contribution is 5.94. The Morgan fingerprint density at radius 1 is 1.29 bits per heavy atom. The van der Waals surface area contributed by atoms with E-state index >= 15 is 0 Å². The van der Waals surface area contributed by atoms with Crippen LogP contribution in [0.15, 0.2) is 18.2 Å². The molecule has 1 aliphatic rings. The van der Waals surface area contributed by atoms with Crippen molar-refractivity contribution in [3.8, 4) is 0 Å². The first-order chi connectivity index (χ1) is 9.99. The molecule has 1 aliphatic heterocycles. The fraction of sp³-hybridized carbons (Fsp3) is 0.467. The Bertz CT molecular complexity index is 548. The predicted octanol–water partition coefficient (Wildman–Crippen LogP) is 2.82. The summed E-state index contributed by atoms with van der Waals surface area (Å²) in [5.41, 5.74) is -0.168. The first-order valence-corrected chi connectivity index (χ1v) is 6.97. The number of carbonyl (C=O) groups is 2. The average molecular weight is 297 g/mol. The molecule has 1 aromatic carbocycles. The van der Waals surface area contributed by atoms with Crippen molar-refractivity contribution in [1.29, 1.82) is 0 Å². The van der Waals surface area contributed by atoms with Gasteiger partial charge in [0, 0.05) is 25.1 Å².